The van der Waals surface area contributed by atoms with Crippen LogP contribution in [-0.2, 0) is 9.53 Å². The molecular weight excluding hydrogens is 208 g/mol. The van der Waals surface area contributed by atoms with Crippen molar-refractivity contribution in [2.45, 2.75) is 13.0 Å². The van der Waals surface area contributed by atoms with Crippen molar-refractivity contribution in [3.8, 4) is 0 Å². The Hall–Kier alpha value is -0.910. The summed E-state index contributed by atoms with van der Waals surface area (Å²) in [6.45, 7) is 9.38. The average Bonchev–Trinajstić information content (AvgIpc) is 2.27. The van der Waals surface area contributed by atoms with E-state index in [1.807, 2.05) is 0 Å². The van der Waals surface area contributed by atoms with Crippen LogP contribution in [0.1, 0.15) is 6.92 Å². The Labute approximate surface area is 96.1 Å². The first-order chi connectivity index (χ1) is 7.59. The fourth-order valence-corrected chi connectivity index (χ4v) is 1.54. The Bertz CT molecular complexity index is 250. The summed E-state index contributed by atoms with van der Waals surface area (Å²) in [4.78, 5) is 13.2. The number of aliphatic hydroxyl groups is 1. The molecule has 92 valence electrons. The van der Waals surface area contributed by atoms with Crippen molar-refractivity contribution < 1.29 is 14.6 Å². The number of β-amino-alcohol motifs (C(OH)–C–C–N with tert-alkyl or cyclic N) is 1. The highest BCUT2D eigenvalue weighted by Crippen LogP contribution is 1.98. The molecule has 2 N–H and O–H groups in total. The van der Waals surface area contributed by atoms with Gasteiger partial charge in [-0.1, -0.05) is 6.58 Å². The Balaban J connectivity index is 2.17. The predicted molar refractivity (Wildman–Crippen MR) is 61.1 cm³/mol. The fraction of sp³-hybridized carbons (Fsp3) is 0.727. The molecule has 1 unspecified atom stereocenters. The highest BCUT2D eigenvalue weighted by atomic mass is 16.5. The van der Waals surface area contributed by atoms with Crippen molar-refractivity contribution in [3.63, 3.8) is 0 Å². The van der Waals surface area contributed by atoms with Gasteiger partial charge in [-0.25, -0.2) is 4.79 Å². The van der Waals surface area contributed by atoms with Gasteiger partial charge in [0.2, 0.25) is 0 Å². The molecule has 1 saturated heterocycles. The molecule has 1 fully saturated rings. The minimum Gasteiger partial charge on any atom is -0.460 e. The largest absolute Gasteiger partial charge is 0.460 e. The van der Waals surface area contributed by atoms with Gasteiger partial charge in [-0.3, -0.25) is 4.90 Å². The van der Waals surface area contributed by atoms with Crippen LogP contribution in [0, 0.1) is 0 Å². The normalized spacial score (nSPS) is 19.1. The van der Waals surface area contributed by atoms with E-state index in [1.54, 1.807) is 6.92 Å². The van der Waals surface area contributed by atoms with Gasteiger partial charge < -0.3 is 15.2 Å². The smallest absolute Gasteiger partial charge is 0.333 e. The number of ether oxygens (including phenoxy) is 1. The topological polar surface area (TPSA) is 61.8 Å². The molecule has 16 heavy (non-hydrogen) atoms. The lowest BCUT2D eigenvalue weighted by atomic mass is 10.3. The number of esters is 1. The minimum absolute atomic E-state index is 0.0373. The summed E-state index contributed by atoms with van der Waals surface area (Å²) in [5, 5.41) is 12.9. The lowest BCUT2D eigenvalue weighted by molar-refractivity contribution is -0.142. The number of nitrogens with one attached hydrogen (secondary N) is 1. The van der Waals surface area contributed by atoms with E-state index in [2.05, 4.69) is 16.8 Å². The molecule has 1 aliphatic heterocycles. The molecule has 0 amide bonds. The van der Waals surface area contributed by atoms with Crippen LogP contribution < -0.4 is 5.32 Å². The third-order valence-corrected chi connectivity index (χ3v) is 2.43. The number of hydrogen-bond acceptors (Lipinski definition) is 5. The van der Waals surface area contributed by atoms with E-state index in [1.165, 1.54) is 0 Å². The number of hydrogen-bond donors (Lipinski definition) is 2. The second-order valence-electron chi connectivity index (χ2n) is 4.08. The first-order valence-electron chi connectivity index (χ1n) is 5.53. The first kappa shape index (κ1) is 13.2. The summed E-state index contributed by atoms with van der Waals surface area (Å²) in [6, 6.07) is 0. The lowest BCUT2D eigenvalue weighted by Gasteiger charge is -2.28. The van der Waals surface area contributed by atoms with E-state index in [9.17, 15) is 9.90 Å². The highest BCUT2D eigenvalue weighted by Gasteiger charge is 2.15. The summed E-state index contributed by atoms with van der Waals surface area (Å²) in [6.07, 6.45) is -0.624. The van der Waals surface area contributed by atoms with Gasteiger partial charge in [-0.15, -0.1) is 0 Å². The second kappa shape index (κ2) is 6.62. The maximum atomic E-state index is 11.1. The summed E-state index contributed by atoms with van der Waals surface area (Å²) in [5.74, 6) is -0.445. The Morgan fingerprint density at radius 1 is 1.56 bits per heavy atom. The molecule has 0 spiro atoms. The fourth-order valence-electron chi connectivity index (χ4n) is 1.54. The SMILES string of the molecule is C=C(C)C(=O)OCC(O)CN1CCNCC1. The maximum Gasteiger partial charge on any atom is 0.333 e. The molecule has 5 nitrogen and oxygen atoms in total. The molecule has 0 aromatic rings. The molecule has 1 rings (SSSR count). The minimum atomic E-state index is -0.624. The Morgan fingerprint density at radius 2 is 2.19 bits per heavy atom. The van der Waals surface area contributed by atoms with E-state index in [0.29, 0.717) is 12.1 Å². The van der Waals surface area contributed by atoms with Gasteiger partial charge in [0.05, 0.1) is 0 Å². The van der Waals surface area contributed by atoms with Gasteiger partial charge in [0.25, 0.3) is 0 Å². The van der Waals surface area contributed by atoms with Crippen molar-refractivity contribution in [2.75, 3.05) is 39.3 Å². The van der Waals surface area contributed by atoms with Crippen LogP contribution in [0.5, 0.6) is 0 Å². The molecule has 0 radical (unpaired) electrons. The highest BCUT2D eigenvalue weighted by molar-refractivity contribution is 5.86. The standard InChI is InChI=1S/C11H20N2O3/c1-9(2)11(15)16-8-10(14)7-13-5-3-12-4-6-13/h10,12,14H,1,3-8H2,2H3. The van der Waals surface area contributed by atoms with Crippen molar-refractivity contribution in [1.29, 1.82) is 0 Å². The van der Waals surface area contributed by atoms with Crippen LogP contribution in [0.3, 0.4) is 0 Å². The quantitative estimate of drug-likeness (QED) is 0.485. The maximum absolute atomic E-state index is 11.1. The molecule has 1 atom stereocenters. The number of nitrogens with zero attached hydrogens (tertiary/aromatic N) is 1. The number of rotatable bonds is 5. The zero-order valence-corrected chi connectivity index (χ0v) is 9.74. The van der Waals surface area contributed by atoms with Crippen LogP contribution in [0.15, 0.2) is 12.2 Å². The van der Waals surface area contributed by atoms with Crippen LogP contribution >= 0.6 is 0 Å². The summed E-state index contributed by atoms with van der Waals surface area (Å²) >= 11 is 0. The van der Waals surface area contributed by atoms with Crippen LogP contribution in [0.4, 0.5) is 0 Å². The average molecular weight is 228 g/mol. The van der Waals surface area contributed by atoms with E-state index < -0.39 is 12.1 Å². The number of carbonyl (C=O) groups excluding carboxylic acids is 1. The number of piperazine rings is 1. The molecule has 0 aromatic carbocycles. The predicted octanol–water partition coefficient (Wildman–Crippen LogP) is -0.628. The molecule has 5 heteroatoms. The van der Waals surface area contributed by atoms with E-state index >= 15 is 0 Å². The third-order valence-electron chi connectivity index (χ3n) is 2.43. The van der Waals surface area contributed by atoms with Gasteiger partial charge in [-0.05, 0) is 6.92 Å². The van der Waals surface area contributed by atoms with Gasteiger partial charge >= 0.3 is 5.97 Å². The number of aliphatic hydroxyl groups excluding tert-OH is 1. The van der Waals surface area contributed by atoms with Crippen LogP contribution in [-0.4, -0.2) is 61.4 Å². The van der Waals surface area contributed by atoms with Crippen molar-refractivity contribution in [3.05, 3.63) is 12.2 Å². The zero-order chi connectivity index (χ0) is 12.0. The van der Waals surface area contributed by atoms with Crippen molar-refractivity contribution in [1.82, 2.24) is 10.2 Å². The Kier molecular flexibility index (Phi) is 5.45. The van der Waals surface area contributed by atoms with Crippen molar-refractivity contribution in [2.24, 2.45) is 0 Å². The van der Waals surface area contributed by atoms with E-state index in [-0.39, 0.29) is 6.61 Å². The molecule has 0 aromatic heterocycles. The van der Waals surface area contributed by atoms with Crippen LogP contribution in [0.25, 0.3) is 0 Å². The molecule has 0 bridgehead atoms. The lowest BCUT2D eigenvalue weighted by Crippen LogP contribution is -2.47. The monoisotopic (exact) mass is 228 g/mol. The van der Waals surface area contributed by atoms with Crippen molar-refractivity contribution >= 4 is 5.97 Å². The molecule has 0 saturated carbocycles. The van der Waals surface area contributed by atoms with Crippen LogP contribution in [0.2, 0.25) is 0 Å². The summed E-state index contributed by atoms with van der Waals surface area (Å²) in [5.41, 5.74) is 0.356. The van der Waals surface area contributed by atoms with E-state index in [0.717, 1.165) is 26.2 Å². The first-order valence-corrected chi connectivity index (χ1v) is 5.53. The Morgan fingerprint density at radius 3 is 2.75 bits per heavy atom. The number of carbonyl (C=O) groups is 1. The molecule has 1 aliphatic rings. The molecular formula is C11H20N2O3. The van der Waals surface area contributed by atoms with Gasteiger partial charge in [0.1, 0.15) is 12.7 Å². The van der Waals surface area contributed by atoms with E-state index in [4.69, 9.17) is 4.74 Å². The van der Waals surface area contributed by atoms with Gasteiger partial charge in [-0.2, -0.15) is 0 Å². The van der Waals surface area contributed by atoms with Gasteiger partial charge in [0, 0.05) is 38.3 Å². The van der Waals surface area contributed by atoms with Gasteiger partial charge in [0.15, 0.2) is 0 Å². The summed E-state index contributed by atoms with van der Waals surface area (Å²) < 4.78 is 4.88. The summed E-state index contributed by atoms with van der Waals surface area (Å²) in [7, 11) is 0. The zero-order valence-electron chi connectivity index (χ0n) is 9.74. The third kappa shape index (κ3) is 4.74. The molecule has 0 aliphatic carbocycles. The second-order valence-corrected chi connectivity index (χ2v) is 4.08. The molecule has 1 heterocycles.